The first-order valence-corrected chi connectivity index (χ1v) is 7.87. The summed E-state index contributed by atoms with van der Waals surface area (Å²) < 4.78 is 0. The molecule has 4 heteroatoms. The van der Waals surface area contributed by atoms with Crippen LogP contribution in [0.4, 0.5) is 5.69 Å². The lowest BCUT2D eigenvalue weighted by Crippen LogP contribution is -2.29. The molecule has 2 amide bonds. The number of nitrogens with zero attached hydrogens (tertiary/aromatic N) is 1. The van der Waals surface area contributed by atoms with E-state index in [9.17, 15) is 9.59 Å². The van der Waals surface area contributed by atoms with Gasteiger partial charge >= 0.3 is 0 Å². The molecule has 1 aliphatic heterocycles. The van der Waals surface area contributed by atoms with Gasteiger partial charge in [-0.2, -0.15) is 0 Å². The van der Waals surface area contributed by atoms with E-state index in [1.807, 2.05) is 41.3 Å². The molecule has 0 bridgehead atoms. The summed E-state index contributed by atoms with van der Waals surface area (Å²) in [6.45, 7) is 2.88. The molecular formula is C19H20N2O2. The summed E-state index contributed by atoms with van der Waals surface area (Å²) in [6, 6.07) is 17.2. The molecule has 0 saturated heterocycles. The molecule has 1 unspecified atom stereocenters. The van der Waals surface area contributed by atoms with Crippen LogP contribution in [0.25, 0.3) is 0 Å². The van der Waals surface area contributed by atoms with E-state index in [2.05, 4.69) is 11.4 Å². The van der Waals surface area contributed by atoms with E-state index in [4.69, 9.17) is 0 Å². The minimum Gasteiger partial charge on any atom is -0.352 e. The van der Waals surface area contributed by atoms with Crippen LogP contribution in [-0.4, -0.2) is 24.9 Å². The zero-order valence-corrected chi connectivity index (χ0v) is 13.2. The number of hydrogen-bond donors (Lipinski definition) is 1. The number of rotatable bonds is 4. The Morgan fingerprint density at radius 3 is 2.52 bits per heavy atom. The van der Waals surface area contributed by atoms with Crippen molar-refractivity contribution in [3.05, 3.63) is 65.7 Å². The molecule has 0 aliphatic carbocycles. The van der Waals surface area contributed by atoms with Crippen molar-refractivity contribution in [2.75, 3.05) is 18.0 Å². The fourth-order valence-corrected chi connectivity index (χ4v) is 3.09. The Morgan fingerprint density at radius 1 is 1.09 bits per heavy atom. The maximum absolute atomic E-state index is 12.1. The topological polar surface area (TPSA) is 49.4 Å². The monoisotopic (exact) mass is 308 g/mol. The van der Waals surface area contributed by atoms with Gasteiger partial charge in [-0.15, -0.1) is 0 Å². The van der Waals surface area contributed by atoms with Crippen molar-refractivity contribution in [1.82, 2.24) is 5.32 Å². The normalized spacial score (nSPS) is 16.0. The third-order valence-electron chi connectivity index (χ3n) is 4.26. The fourth-order valence-electron chi connectivity index (χ4n) is 3.09. The van der Waals surface area contributed by atoms with E-state index in [0.717, 1.165) is 12.1 Å². The van der Waals surface area contributed by atoms with Gasteiger partial charge in [-0.05, 0) is 30.2 Å². The average Bonchev–Trinajstić information content (AvgIpc) is 2.95. The molecule has 0 saturated carbocycles. The number of nitrogens with one attached hydrogen (secondary N) is 1. The summed E-state index contributed by atoms with van der Waals surface area (Å²) in [7, 11) is 0. The lowest BCUT2D eigenvalue weighted by atomic mass is 9.98. The number of hydrogen-bond acceptors (Lipinski definition) is 2. The van der Waals surface area contributed by atoms with Crippen molar-refractivity contribution in [3.8, 4) is 0 Å². The summed E-state index contributed by atoms with van der Waals surface area (Å²) in [4.78, 5) is 25.7. The summed E-state index contributed by atoms with van der Waals surface area (Å²) in [6.07, 6.45) is 0.819. The maximum atomic E-state index is 12.1. The van der Waals surface area contributed by atoms with Gasteiger partial charge in [0.05, 0.1) is 0 Å². The number of fused-ring (bicyclic) bond motifs is 1. The summed E-state index contributed by atoms with van der Waals surface area (Å²) in [5, 5.41) is 2.96. The van der Waals surface area contributed by atoms with Crippen molar-refractivity contribution >= 4 is 17.5 Å². The van der Waals surface area contributed by atoms with E-state index >= 15 is 0 Å². The zero-order chi connectivity index (χ0) is 16.2. The van der Waals surface area contributed by atoms with Gasteiger partial charge in [-0.25, -0.2) is 0 Å². The molecule has 23 heavy (non-hydrogen) atoms. The second kappa shape index (κ2) is 6.65. The summed E-state index contributed by atoms with van der Waals surface area (Å²) in [5.74, 6) is 0.278. The zero-order valence-electron chi connectivity index (χ0n) is 13.2. The summed E-state index contributed by atoms with van der Waals surface area (Å²) >= 11 is 0. The minimum absolute atomic E-state index is 0.0553. The Bertz CT molecular complexity index is 712. The third kappa shape index (κ3) is 3.26. The number of carbonyl (C=O) groups is 2. The first-order chi connectivity index (χ1) is 11.2. The third-order valence-corrected chi connectivity index (χ3v) is 4.26. The standard InChI is InChI=1S/C19H20N2O2/c1-14(22)21-13-16(17-9-5-6-10-18(17)21)11-12-20-19(23)15-7-3-2-4-8-15/h2-10,16H,11-13H2,1H3,(H,20,23). The van der Waals surface area contributed by atoms with E-state index in [0.29, 0.717) is 18.7 Å². The molecule has 2 aromatic carbocycles. The Hall–Kier alpha value is -2.62. The van der Waals surface area contributed by atoms with E-state index < -0.39 is 0 Å². The van der Waals surface area contributed by atoms with Crippen molar-refractivity contribution in [2.45, 2.75) is 19.3 Å². The van der Waals surface area contributed by atoms with Crippen molar-refractivity contribution < 1.29 is 9.59 Å². The number of carbonyl (C=O) groups excluding carboxylic acids is 2. The van der Waals surface area contributed by atoms with Crippen molar-refractivity contribution in [2.24, 2.45) is 0 Å². The highest BCUT2D eigenvalue weighted by atomic mass is 16.2. The van der Waals surface area contributed by atoms with Gasteiger partial charge in [-0.3, -0.25) is 9.59 Å². The molecule has 2 aromatic rings. The highest BCUT2D eigenvalue weighted by Crippen LogP contribution is 2.37. The highest BCUT2D eigenvalue weighted by molar-refractivity contribution is 5.94. The largest absolute Gasteiger partial charge is 0.352 e. The van der Waals surface area contributed by atoms with Gasteiger partial charge in [0.2, 0.25) is 5.91 Å². The molecule has 0 fully saturated rings. The predicted molar refractivity (Wildman–Crippen MR) is 90.6 cm³/mol. The second-order valence-electron chi connectivity index (χ2n) is 5.80. The Morgan fingerprint density at radius 2 is 1.78 bits per heavy atom. The van der Waals surface area contributed by atoms with Crippen LogP contribution in [-0.2, 0) is 4.79 Å². The van der Waals surface area contributed by atoms with Crippen LogP contribution < -0.4 is 10.2 Å². The molecule has 118 valence electrons. The Balaban J connectivity index is 1.61. The predicted octanol–water partition coefficient (Wildman–Crippen LogP) is 2.96. The fraction of sp³-hybridized carbons (Fsp3) is 0.263. The van der Waals surface area contributed by atoms with Gasteiger partial charge in [0, 0.05) is 37.2 Å². The van der Waals surface area contributed by atoms with E-state index in [1.54, 1.807) is 19.1 Å². The van der Waals surface area contributed by atoms with Gasteiger partial charge in [0.15, 0.2) is 0 Å². The molecule has 1 aliphatic rings. The molecule has 1 heterocycles. The van der Waals surface area contributed by atoms with Crippen LogP contribution in [0, 0.1) is 0 Å². The van der Waals surface area contributed by atoms with Gasteiger partial charge < -0.3 is 10.2 Å². The minimum atomic E-state index is -0.0553. The first-order valence-electron chi connectivity index (χ1n) is 7.87. The highest BCUT2D eigenvalue weighted by Gasteiger charge is 2.30. The molecule has 1 N–H and O–H groups in total. The number of amides is 2. The van der Waals surface area contributed by atoms with E-state index in [1.165, 1.54) is 5.56 Å². The van der Waals surface area contributed by atoms with Crippen LogP contribution in [0.2, 0.25) is 0 Å². The van der Waals surface area contributed by atoms with Crippen LogP contribution in [0.3, 0.4) is 0 Å². The van der Waals surface area contributed by atoms with Crippen LogP contribution in [0.15, 0.2) is 54.6 Å². The number of para-hydroxylation sites is 1. The van der Waals surface area contributed by atoms with Crippen LogP contribution >= 0.6 is 0 Å². The molecule has 1 atom stereocenters. The van der Waals surface area contributed by atoms with Gasteiger partial charge in [-0.1, -0.05) is 36.4 Å². The molecule has 0 aromatic heterocycles. The Labute approximate surface area is 136 Å². The molecular weight excluding hydrogens is 288 g/mol. The van der Waals surface area contributed by atoms with Gasteiger partial charge in [0.1, 0.15) is 0 Å². The van der Waals surface area contributed by atoms with E-state index in [-0.39, 0.29) is 17.7 Å². The Kier molecular flexibility index (Phi) is 4.42. The second-order valence-corrected chi connectivity index (χ2v) is 5.80. The SMILES string of the molecule is CC(=O)N1CC(CCNC(=O)c2ccccc2)c2ccccc21. The van der Waals surface area contributed by atoms with Crippen LogP contribution in [0.5, 0.6) is 0 Å². The van der Waals surface area contributed by atoms with Crippen LogP contribution in [0.1, 0.15) is 35.2 Å². The lowest BCUT2D eigenvalue weighted by Gasteiger charge is -2.15. The molecule has 0 radical (unpaired) electrons. The van der Waals surface area contributed by atoms with Crippen molar-refractivity contribution in [3.63, 3.8) is 0 Å². The molecule has 3 rings (SSSR count). The molecule has 0 spiro atoms. The number of benzene rings is 2. The average molecular weight is 308 g/mol. The lowest BCUT2D eigenvalue weighted by molar-refractivity contribution is -0.116. The number of anilines is 1. The first kappa shape index (κ1) is 15.3. The smallest absolute Gasteiger partial charge is 0.251 e. The summed E-state index contributed by atoms with van der Waals surface area (Å²) in [5.41, 5.74) is 2.86. The molecule has 4 nitrogen and oxygen atoms in total. The van der Waals surface area contributed by atoms with Gasteiger partial charge in [0.25, 0.3) is 5.91 Å². The van der Waals surface area contributed by atoms with Crippen molar-refractivity contribution in [1.29, 1.82) is 0 Å². The quantitative estimate of drug-likeness (QED) is 0.944. The maximum Gasteiger partial charge on any atom is 0.251 e.